The van der Waals surface area contributed by atoms with Gasteiger partial charge in [-0.1, -0.05) is 31.4 Å². The highest BCUT2D eigenvalue weighted by Crippen LogP contribution is 2.26. The van der Waals surface area contributed by atoms with Crippen molar-refractivity contribution in [2.45, 2.75) is 37.6 Å². The molecule has 116 valence electrons. The summed E-state index contributed by atoms with van der Waals surface area (Å²) in [5.41, 5.74) is 6.65. The van der Waals surface area contributed by atoms with E-state index in [1.165, 1.54) is 6.42 Å². The number of nitrogens with one attached hydrogen (secondary N) is 1. The van der Waals surface area contributed by atoms with E-state index in [-0.39, 0.29) is 18.1 Å². The Balaban J connectivity index is 1.77. The molecule has 3 N–H and O–H groups in total. The highest BCUT2D eigenvalue weighted by Gasteiger charge is 2.27. The Bertz CT molecular complexity index is 470. The maximum atomic E-state index is 11.9. The average Bonchev–Trinajstić information content (AvgIpc) is 2.48. The summed E-state index contributed by atoms with van der Waals surface area (Å²) in [5.74, 6) is 0.437. The molecule has 0 atom stereocenters. The van der Waals surface area contributed by atoms with Crippen LogP contribution in [0.2, 0.25) is 0 Å². The summed E-state index contributed by atoms with van der Waals surface area (Å²) < 4.78 is 10.7. The Labute approximate surface area is 125 Å². The van der Waals surface area contributed by atoms with Crippen LogP contribution in [-0.2, 0) is 9.53 Å². The minimum atomic E-state index is -0.261. The van der Waals surface area contributed by atoms with Gasteiger partial charge in [0.1, 0.15) is 12.4 Å². The lowest BCUT2D eigenvalue weighted by Gasteiger charge is -2.32. The minimum Gasteiger partial charge on any atom is -0.495 e. The third kappa shape index (κ3) is 4.72. The number of ether oxygens (including phenoxy) is 2. The van der Waals surface area contributed by atoms with Crippen molar-refractivity contribution in [3.63, 3.8) is 0 Å². The van der Waals surface area contributed by atoms with Crippen LogP contribution in [0.5, 0.6) is 5.75 Å². The number of rotatable bonds is 6. The molecule has 5 heteroatoms. The highest BCUT2D eigenvalue weighted by molar-refractivity contribution is 5.93. The van der Waals surface area contributed by atoms with Gasteiger partial charge in [0.2, 0.25) is 5.91 Å². The fraction of sp³-hybridized carbons (Fsp3) is 0.562. The van der Waals surface area contributed by atoms with E-state index in [4.69, 9.17) is 15.2 Å². The Morgan fingerprint density at radius 2 is 2.00 bits per heavy atom. The lowest BCUT2D eigenvalue weighted by molar-refractivity contribution is -0.121. The number of carbonyl (C=O) groups is 1. The van der Waals surface area contributed by atoms with Crippen LogP contribution in [0, 0.1) is 0 Å². The molecular formula is C16H24N2O3. The van der Waals surface area contributed by atoms with E-state index in [0.717, 1.165) is 25.7 Å². The second kappa shape index (κ2) is 7.43. The number of carbonyl (C=O) groups excluding carboxylic acids is 1. The molecule has 1 fully saturated rings. The largest absolute Gasteiger partial charge is 0.495 e. The van der Waals surface area contributed by atoms with E-state index < -0.39 is 0 Å². The Morgan fingerprint density at radius 1 is 1.29 bits per heavy atom. The van der Waals surface area contributed by atoms with Crippen LogP contribution < -0.4 is 15.8 Å². The maximum absolute atomic E-state index is 11.9. The third-order valence-corrected chi connectivity index (χ3v) is 3.85. The predicted molar refractivity (Wildman–Crippen MR) is 82.4 cm³/mol. The molecule has 1 saturated carbocycles. The number of hydrogen-bond donors (Lipinski definition) is 2. The number of methoxy groups -OCH3 is 1. The molecule has 1 amide bonds. The van der Waals surface area contributed by atoms with Crippen molar-refractivity contribution in [3.8, 4) is 5.75 Å². The topological polar surface area (TPSA) is 73.6 Å². The second-order valence-corrected chi connectivity index (χ2v) is 5.66. The van der Waals surface area contributed by atoms with E-state index in [9.17, 15) is 4.79 Å². The van der Waals surface area contributed by atoms with Gasteiger partial charge in [0.05, 0.1) is 19.4 Å². The van der Waals surface area contributed by atoms with Gasteiger partial charge in [-0.25, -0.2) is 0 Å². The molecule has 0 aliphatic heterocycles. The zero-order valence-electron chi connectivity index (χ0n) is 12.6. The number of amides is 1. The quantitative estimate of drug-likeness (QED) is 0.844. The van der Waals surface area contributed by atoms with Crippen LogP contribution in [0.25, 0.3) is 0 Å². The normalized spacial score (nSPS) is 17.2. The molecule has 1 aromatic carbocycles. The molecule has 0 aromatic heterocycles. The number of para-hydroxylation sites is 2. The minimum absolute atomic E-state index is 0.0109. The zero-order chi connectivity index (χ0) is 15.1. The van der Waals surface area contributed by atoms with Crippen molar-refractivity contribution in [3.05, 3.63) is 24.3 Å². The van der Waals surface area contributed by atoms with E-state index in [1.807, 2.05) is 12.1 Å². The smallest absolute Gasteiger partial charge is 0.250 e. The van der Waals surface area contributed by atoms with Crippen LogP contribution in [0.4, 0.5) is 5.69 Å². The van der Waals surface area contributed by atoms with Gasteiger partial charge in [-0.05, 0) is 25.0 Å². The van der Waals surface area contributed by atoms with E-state index >= 15 is 0 Å². The average molecular weight is 292 g/mol. The van der Waals surface area contributed by atoms with E-state index in [2.05, 4.69) is 5.32 Å². The summed E-state index contributed by atoms with van der Waals surface area (Å²) in [6.45, 7) is 0.448. The van der Waals surface area contributed by atoms with Crippen LogP contribution in [-0.4, -0.2) is 31.8 Å². The molecule has 0 radical (unpaired) electrons. The highest BCUT2D eigenvalue weighted by atomic mass is 16.5. The van der Waals surface area contributed by atoms with Crippen LogP contribution in [0.1, 0.15) is 32.1 Å². The van der Waals surface area contributed by atoms with Gasteiger partial charge in [0.25, 0.3) is 0 Å². The van der Waals surface area contributed by atoms with Crippen molar-refractivity contribution in [2.24, 2.45) is 5.73 Å². The maximum Gasteiger partial charge on any atom is 0.250 e. The first-order valence-corrected chi connectivity index (χ1v) is 7.42. The Kier molecular flexibility index (Phi) is 5.59. The number of anilines is 1. The van der Waals surface area contributed by atoms with Gasteiger partial charge >= 0.3 is 0 Å². The first kappa shape index (κ1) is 15.8. The molecule has 1 aliphatic rings. The molecule has 1 aromatic rings. The summed E-state index contributed by atoms with van der Waals surface area (Å²) >= 11 is 0. The Morgan fingerprint density at radius 3 is 2.71 bits per heavy atom. The molecule has 0 spiro atoms. The van der Waals surface area contributed by atoms with Crippen molar-refractivity contribution in [2.75, 3.05) is 25.6 Å². The lowest BCUT2D eigenvalue weighted by Crippen LogP contribution is -2.46. The SMILES string of the molecule is COc1ccccc1NC(=O)COCC1(N)CCCCC1. The molecule has 0 heterocycles. The second-order valence-electron chi connectivity index (χ2n) is 5.66. The van der Waals surface area contributed by atoms with Gasteiger partial charge in [-0.2, -0.15) is 0 Å². The monoisotopic (exact) mass is 292 g/mol. The molecule has 21 heavy (non-hydrogen) atoms. The van der Waals surface area contributed by atoms with Crippen molar-refractivity contribution in [1.29, 1.82) is 0 Å². The van der Waals surface area contributed by atoms with Gasteiger partial charge in [0.15, 0.2) is 0 Å². The molecule has 2 rings (SSSR count). The molecule has 5 nitrogen and oxygen atoms in total. The van der Waals surface area contributed by atoms with Gasteiger partial charge in [-0.15, -0.1) is 0 Å². The van der Waals surface area contributed by atoms with Crippen molar-refractivity contribution < 1.29 is 14.3 Å². The summed E-state index contributed by atoms with van der Waals surface area (Å²) in [6, 6.07) is 7.29. The number of hydrogen-bond acceptors (Lipinski definition) is 4. The fourth-order valence-corrected chi connectivity index (χ4v) is 2.68. The zero-order valence-corrected chi connectivity index (χ0v) is 12.6. The van der Waals surface area contributed by atoms with E-state index in [1.54, 1.807) is 19.2 Å². The van der Waals surface area contributed by atoms with E-state index in [0.29, 0.717) is 18.0 Å². The molecular weight excluding hydrogens is 268 g/mol. The summed E-state index contributed by atoms with van der Waals surface area (Å²) in [5, 5.41) is 2.78. The first-order valence-electron chi connectivity index (χ1n) is 7.42. The summed E-state index contributed by atoms with van der Waals surface area (Å²) in [6.07, 6.45) is 5.48. The van der Waals surface area contributed by atoms with Crippen LogP contribution in [0.15, 0.2) is 24.3 Å². The lowest BCUT2D eigenvalue weighted by atomic mass is 9.83. The molecule has 0 unspecified atom stereocenters. The van der Waals surface area contributed by atoms with Gasteiger partial charge in [0, 0.05) is 5.54 Å². The van der Waals surface area contributed by atoms with Crippen LogP contribution in [0.3, 0.4) is 0 Å². The number of nitrogens with two attached hydrogens (primary N) is 1. The van der Waals surface area contributed by atoms with Crippen molar-refractivity contribution in [1.82, 2.24) is 0 Å². The fourth-order valence-electron chi connectivity index (χ4n) is 2.68. The standard InChI is InChI=1S/C16H24N2O3/c1-20-14-8-4-3-7-13(14)18-15(19)11-21-12-16(17)9-5-2-6-10-16/h3-4,7-8H,2,5-6,9-12,17H2,1H3,(H,18,19). The Hall–Kier alpha value is -1.59. The number of benzene rings is 1. The third-order valence-electron chi connectivity index (χ3n) is 3.85. The summed E-state index contributed by atoms with van der Waals surface area (Å²) in [4.78, 5) is 11.9. The predicted octanol–water partition coefficient (Wildman–Crippen LogP) is 2.31. The molecule has 1 aliphatic carbocycles. The van der Waals surface area contributed by atoms with Crippen molar-refractivity contribution >= 4 is 11.6 Å². The molecule has 0 saturated heterocycles. The first-order chi connectivity index (χ1) is 10.1. The van der Waals surface area contributed by atoms with Gasteiger partial charge < -0.3 is 20.5 Å². The molecule has 0 bridgehead atoms. The van der Waals surface area contributed by atoms with Gasteiger partial charge in [-0.3, -0.25) is 4.79 Å². The summed E-state index contributed by atoms with van der Waals surface area (Å²) in [7, 11) is 1.57. The van der Waals surface area contributed by atoms with Crippen LogP contribution >= 0.6 is 0 Å².